The van der Waals surface area contributed by atoms with Crippen LogP contribution >= 0.6 is 0 Å². The molecular formula is C29H35N5O3S. The third-order valence-corrected chi connectivity index (χ3v) is 9.56. The fourth-order valence-electron chi connectivity index (χ4n) is 5.51. The van der Waals surface area contributed by atoms with Crippen molar-refractivity contribution in [1.29, 1.82) is 10.8 Å². The van der Waals surface area contributed by atoms with E-state index in [1.807, 2.05) is 61.5 Å². The number of amidine groups is 2. The number of nitrogens with one attached hydrogen (secondary N) is 2. The van der Waals surface area contributed by atoms with Gasteiger partial charge in [0.2, 0.25) is 10.0 Å². The molecule has 0 spiro atoms. The number of ether oxygens (including phenoxy) is 1. The number of piperidine rings is 1. The van der Waals surface area contributed by atoms with Gasteiger partial charge in [0, 0.05) is 25.1 Å². The summed E-state index contributed by atoms with van der Waals surface area (Å²) < 4.78 is 34.3. The summed E-state index contributed by atoms with van der Waals surface area (Å²) in [4.78, 5) is 2.10. The third kappa shape index (κ3) is 5.07. The van der Waals surface area contributed by atoms with Gasteiger partial charge in [-0.15, -0.1) is 0 Å². The van der Waals surface area contributed by atoms with Crippen LogP contribution in [-0.4, -0.2) is 50.4 Å². The predicted molar refractivity (Wildman–Crippen MR) is 153 cm³/mol. The van der Waals surface area contributed by atoms with E-state index in [-0.39, 0.29) is 17.6 Å². The highest BCUT2D eigenvalue weighted by Gasteiger charge is 2.38. The smallest absolute Gasteiger partial charge is 0.235 e. The maximum Gasteiger partial charge on any atom is 0.235 e. The summed E-state index contributed by atoms with van der Waals surface area (Å²) >= 11 is 0. The van der Waals surface area contributed by atoms with E-state index in [1.165, 1.54) is 0 Å². The number of benzene rings is 3. The molecule has 0 aliphatic carbocycles. The second-order valence-electron chi connectivity index (χ2n) is 10.3. The lowest BCUT2D eigenvalue weighted by Gasteiger charge is -2.32. The first kappa shape index (κ1) is 26.0. The zero-order valence-electron chi connectivity index (χ0n) is 21.9. The Morgan fingerprint density at radius 3 is 2.45 bits per heavy atom. The van der Waals surface area contributed by atoms with Gasteiger partial charge >= 0.3 is 0 Å². The number of hydrogen-bond acceptors (Lipinski definition) is 5. The molecule has 0 bridgehead atoms. The van der Waals surface area contributed by atoms with E-state index in [4.69, 9.17) is 21.3 Å². The lowest BCUT2D eigenvalue weighted by atomic mass is 9.97. The largest absolute Gasteiger partial charge is 0.493 e. The number of nitrogens with zero attached hydrogens (tertiary/aromatic N) is 2. The summed E-state index contributed by atoms with van der Waals surface area (Å²) in [5, 5.41) is 17.5. The minimum absolute atomic E-state index is 0.00341. The highest BCUT2D eigenvalue weighted by molar-refractivity contribution is 7.92. The lowest BCUT2D eigenvalue weighted by molar-refractivity contribution is 0.180. The Morgan fingerprint density at radius 1 is 1.03 bits per heavy atom. The number of anilines is 1. The Kier molecular flexibility index (Phi) is 7.05. The molecule has 2 heterocycles. The van der Waals surface area contributed by atoms with E-state index in [0.29, 0.717) is 36.0 Å². The summed E-state index contributed by atoms with van der Waals surface area (Å²) in [7, 11) is -3.52. The number of likely N-dealkylation sites (tertiary alicyclic amines) is 1. The van der Waals surface area contributed by atoms with Crippen LogP contribution < -0.4 is 14.8 Å². The zero-order chi connectivity index (χ0) is 27.0. The standard InChI is InChI=1S/C29H35N5O3S/c1-3-38(35,36)34-27-9-8-26(37-18-20-10-12-33(13-11-20)19(2)30)16-25(27)17-28(34)22-6-4-21-5-7-23(29(31)32)15-24(21)14-22/h4-9,14-16,20,28,30H,3,10-13,17-18H2,1-2H3,(H3,31,32). The Hall–Kier alpha value is -3.59. The molecule has 3 aromatic carbocycles. The Morgan fingerprint density at radius 2 is 1.76 bits per heavy atom. The Bertz CT molecular complexity index is 1500. The lowest BCUT2D eigenvalue weighted by Crippen LogP contribution is -2.38. The third-order valence-electron chi connectivity index (χ3n) is 7.78. The Balaban J connectivity index is 1.39. The van der Waals surface area contributed by atoms with Gasteiger partial charge < -0.3 is 15.4 Å². The topological polar surface area (TPSA) is 124 Å². The summed E-state index contributed by atoms with van der Waals surface area (Å²) in [5.74, 6) is 1.84. The molecule has 0 saturated carbocycles. The van der Waals surface area contributed by atoms with Crippen LogP contribution in [0, 0.1) is 16.7 Å². The molecule has 1 unspecified atom stereocenters. The number of hydrogen-bond donors (Lipinski definition) is 3. The molecule has 5 rings (SSSR count). The van der Waals surface area contributed by atoms with Crippen molar-refractivity contribution in [2.45, 2.75) is 39.2 Å². The van der Waals surface area contributed by atoms with E-state index < -0.39 is 10.0 Å². The summed E-state index contributed by atoms with van der Waals surface area (Å²) in [5.41, 5.74) is 8.90. The molecule has 2 aliphatic rings. The summed E-state index contributed by atoms with van der Waals surface area (Å²) in [6.07, 6.45) is 2.55. The fraction of sp³-hybridized carbons (Fsp3) is 0.379. The van der Waals surface area contributed by atoms with E-state index in [2.05, 4.69) is 4.90 Å². The fourth-order valence-corrected chi connectivity index (χ4v) is 6.85. The van der Waals surface area contributed by atoms with Crippen molar-refractivity contribution in [3.05, 3.63) is 71.3 Å². The number of rotatable bonds is 7. The van der Waals surface area contributed by atoms with Crippen molar-refractivity contribution in [2.75, 3.05) is 29.8 Å². The molecule has 1 atom stereocenters. The number of nitrogen functional groups attached to an aromatic ring is 1. The van der Waals surface area contributed by atoms with Gasteiger partial charge in [-0.05, 0) is 84.8 Å². The minimum atomic E-state index is -3.52. The number of fused-ring (bicyclic) bond motifs is 2. The quantitative estimate of drug-likeness (QED) is 0.301. The summed E-state index contributed by atoms with van der Waals surface area (Å²) in [6.45, 7) is 5.90. The molecular weight excluding hydrogens is 498 g/mol. The molecule has 1 saturated heterocycles. The first-order chi connectivity index (χ1) is 18.2. The molecule has 0 radical (unpaired) electrons. The van der Waals surface area contributed by atoms with Gasteiger partial charge in [-0.3, -0.25) is 15.1 Å². The second-order valence-corrected chi connectivity index (χ2v) is 12.4. The van der Waals surface area contributed by atoms with E-state index in [0.717, 1.165) is 53.6 Å². The van der Waals surface area contributed by atoms with Crippen LogP contribution in [0.2, 0.25) is 0 Å². The first-order valence-electron chi connectivity index (χ1n) is 13.1. The van der Waals surface area contributed by atoms with Crippen LogP contribution in [0.1, 0.15) is 49.4 Å². The maximum atomic E-state index is 13.3. The van der Waals surface area contributed by atoms with Gasteiger partial charge in [-0.1, -0.05) is 24.3 Å². The van der Waals surface area contributed by atoms with Crippen LogP contribution in [0.15, 0.2) is 54.6 Å². The number of sulfonamides is 1. The van der Waals surface area contributed by atoms with Crippen molar-refractivity contribution in [3.8, 4) is 5.75 Å². The zero-order valence-corrected chi connectivity index (χ0v) is 22.7. The van der Waals surface area contributed by atoms with Gasteiger partial charge in [0.1, 0.15) is 11.6 Å². The SMILES string of the molecule is CCS(=O)(=O)N1c2ccc(OCC3CCN(C(C)=N)CC3)cc2CC1c1ccc2ccc(C(=N)N)cc2c1. The van der Waals surface area contributed by atoms with Crippen molar-refractivity contribution in [2.24, 2.45) is 11.7 Å². The van der Waals surface area contributed by atoms with Gasteiger partial charge in [-0.2, -0.15) is 0 Å². The Labute approximate surface area is 224 Å². The van der Waals surface area contributed by atoms with Crippen LogP contribution in [-0.2, 0) is 16.4 Å². The van der Waals surface area contributed by atoms with Crippen LogP contribution in [0.3, 0.4) is 0 Å². The van der Waals surface area contributed by atoms with Crippen molar-refractivity contribution in [3.63, 3.8) is 0 Å². The van der Waals surface area contributed by atoms with Crippen LogP contribution in [0.4, 0.5) is 5.69 Å². The monoisotopic (exact) mass is 533 g/mol. The van der Waals surface area contributed by atoms with Crippen LogP contribution in [0.25, 0.3) is 10.8 Å². The average Bonchev–Trinajstić information content (AvgIpc) is 3.31. The highest BCUT2D eigenvalue weighted by Crippen LogP contribution is 2.44. The molecule has 4 N–H and O–H groups in total. The molecule has 9 heteroatoms. The second kappa shape index (κ2) is 10.3. The van der Waals surface area contributed by atoms with Crippen LogP contribution in [0.5, 0.6) is 5.75 Å². The molecule has 8 nitrogen and oxygen atoms in total. The van der Waals surface area contributed by atoms with Crippen molar-refractivity contribution < 1.29 is 13.2 Å². The van der Waals surface area contributed by atoms with Gasteiger partial charge in [-0.25, -0.2) is 8.42 Å². The molecule has 0 aromatic heterocycles. The maximum absolute atomic E-state index is 13.3. The van der Waals surface area contributed by atoms with E-state index >= 15 is 0 Å². The normalized spacial score (nSPS) is 18.0. The number of nitrogens with two attached hydrogens (primary N) is 1. The molecule has 2 aliphatic heterocycles. The highest BCUT2D eigenvalue weighted by atomic mass is 32.2. The van der Waals surface area contributed by atoms with Gasteiger partial charge in [0.05, 0.1) is 29.9 Å². The first-order valence-corrected chi connectivity index (χ1v) is 14.7. The summed E-state index contributed by atoms with van der Waals surface area (Å²) in [6, 6.07) is 17.0. The van der Waals surface area contributed by atoms with Gasteiger partial charge in [0.15, 0.2) is 0 Å². The predicted octanol–water partition coefficient (Wildman–Crippen LogP) is 4.67. The van der Waals surface area contributed by atoms with E-state index in [9.17, 15) is 8.42 Å². The molecule has 38 heavy (non-hydrogen) atoms. The average molecular weight is 534 g/mol. The molecule has 3 aromatic rings. The molecule has 0 amide bonds. The van der Waals surface area contributed by atoms with Crippen molar-refractivity contribution in [1.82, 2.24) is 4.90 Å². The van der Waals surface area contributed by atoms with Crippen molar-refractivity contribution >= 4 is 38.2 Å². The van der Waals surface area contributed by atoms with E-state index in [1.54, 1.807) is 11.2 Å². The van der Waals surface area contributed by atoms with Gasteiger partial charge in [0.25, 0.3) is 0 Å². The minimum Gasteiger partial charge on any atom is -0.493 e. The molecule has 1 fully saturated rings. The molecule has 200 valence electrons.